The van der Waals surface area contributed by atoms with Crippen molar-refractivity contribution >= 4 is 17.5 Å². The van der Waals surface area contributed by atoms with Crippen LogP contribution in [0.5, 0.6) is 0 Å². The van der Waals surface area contributed by atoms with Crippen LogP contribution in [0.4, 0.5) is 0 Å². The normalized spacial score (nSPS) is 13.4. The van der Waals surface area contributed by atoms with Crippen LogP contribution in [-0.4, -0.2) is 17.8 Å². The molecule has 1 atom stereocenters. The van der Waals surface area contributed by atoms with Crippen molar-refractivity contribution in [3.8, 4) is 0 Å². The zero-order chi connectivity index (χ0) is 6.57. The van der Waals surface area contributed by atoms with Gasteiger partial charge in [-0.3, -0.25) is 4.79 Å². The van der Waals surface area contributed by atoms with Gasteiger partial charge in [-0.05, 0) is 13.2 Å². The van der Waals surface area contributed by atoms with Crippen molar-refractivity contribution < 1.29 is 4.79 Å². The van der Waals surface area contributed by atoms with Crippen molar-refractivity contribution in [1.29, 1.82) is 0 Å². The fourth-order valence-corrected chi connectivity index (χ4v) is 1.10. The molecule has 0 aromatic rings. The molecule has 0 spiro atoms. The molecule has 48 valence electrons. The second-order valence-electron chi connectivity index (χ2n) is 1.97. The Morgan fingerprint density at radius 2 is 2.25 bits per heavy atom. The number of Topliss-reactive ketones (excluding diaryl/α,β-unsaturated/α-hetero) is 1. The van der Waals surface area contributed by atoms with Crippen LogP contribution in [0.1, 0.15) is 13.8 Å². The minimum Gasteiger partial charge on any atom is -0.300 e. The Bertz CT molecular complexity index is 80.6. The van der Waals surface area contributed by atoms with Crippen molar-refractivity contribution in [2.45, 2.75) is 13.8 Å². The lowest BCUT2D eigenvalue weighted by Crippen LogP contribution is -2.08. The van der Waals surface area contributed by atoms with Crippen LogP contribution >= 0.6 is 11.8 Å². The molecule has 0 saturated heterocycles. The van der Waals surface area contributed by atoms with Crippen LogP contribution < -0.4 is 0 Å². The first kappa shape index (κ1) is 8.02. The third-order valence-corrected chi connectivity index (χ3v) is 1.94. The smallest absolute Gasteiger partial charge is 0.133 e. The minimum absolute atomic E-state index is 0.241. The molecule has 0 aliphatic rings. The standard InChI is InChI=1S/C6H12OS/c1-5(4-8-3)6(2)7/h5H,4H2,1-3H3/t5-/m1/s1. The van der Waals surface area contributed by atoms with Gasteiger partial charge in [-0.15, -0.1) is 0 Å². The van der Waals surface area contributed by atoms with E-state index in [9.17, 15) is 4.79 Å². The van der Waals surface area contributed by atoms with Gasteiger partial charge >= 0.3 is 0 Å². The van der Waals surface area contributed by atoms with Gasteiger partial charge in [0.25, 0.3) is 0 Å². The molecule has 0 aromatic heterocycles. The van der Waals surface area contributed by atoms with E-state index in [0.717, 1.165) is 5.75 Å². The second kappa shape index (κ2) is 3.96. The first-order valence-corrected chi connectivity index (χ1v) is 4.07. The SMILES string of the molecule is CSC[C@@H](C)C(C)=O. The van der Waals surface area contributed by atoms with Crippen molar-refractivity contribution in [2.75, 3.05) is 12.0 Å². The molecule has 0 fully saturated rings. The van der Waals surface area contributed by atoms with Crippen LogP contribution in [0.2, 0.25) is 0 Å². The van der Waals surface area contributed by atoms with E-state index in [4.69, 9.17) is 0 Å². The molecule has 8 heavy (non-hydrogen) atoms. The lowest BCUT2D eigenvalue weighted by atomic mass is 10.1. The van der Waals surface area contributed by atoms with Crippen molar-refractivity contribution in [3.05, 3.63) is 0 Å². The Balaban J connectivity index is 3.32. The van der Waals surface area contributed by atoms with Crippen LogP contribution in [-0.2, 0) is 4.79 Å². The van der Waals surface area contributed by atoms with E-state index in [1.165, 1.54) is 0 Å². The maximum atomic E-state index is 10.5. The summed E-state index contributed by atoms with van der Waals surface area (Å²) in [4.78, 5) is 10.5. The summed E-state index contributed by atoms with van der Waals surface area (Å²) in [6.45, 7) is 3.60. The predicted molar refractivity (Wildman–Crippen MR) is 38.2 cm³/mol. The molecule has 0 radical (unpaired) electrons. The third kappa shape index (κ3) is 3.08. The molecular formula is C6H12OS. The van der Waals surface area contributed by atoms with Crippen LogP contribution in [0.3, 0.4) is 0 Å². The zero-order valence-corrected chi connectivity index (χ0v) is 6.42. The molecule has 0 aliphatic heterocycles. The Morgan fingerprint density at radius 3 is 2.38 bits per heavy atom. The maximum Gasteiger partial charge on any atom is 0.133 e. The Labute approximate surface area is 54.8 Å². The molecule has 0 N–H and O–H groups in total. The zero-order valence-electron chi connectivity index (χ0n) is 5.60. The largest absolute Gasteiger partial charge is 0.300 e. The summed E-state index contributed by atoms with van der Waals surface area (Å²) in [5.74, 6) is 1.49. The molecular weight excluding hydrogens is 120 g/mol. The Kier molecular flexibility index (Phi) is 3.97. The quantitative estimate of drug-likeness (QED) is 0.580. The lowest BCUT2D eigenvalue weighted by Gasteiger charge is -2.01. The predicted octanol–water partition coefficient (Wildman–Crippen LogP) is 1.57. The number of ketones is 1. The first-order valence-electron chi connectivity index (χ1n) is 2.68. The first-order chi connectivity index (χ1) is 3.68. The van der Waals surface area contributed by atoms with Crippen molar-refractivity contribution in [3.63, 3.8) is 0 Å². The molecule has 0 aromatic carbocycles. The number of thioether (sulfide) groups is 1. The van der Waals surface area contributed by atoms with Crippen LogP contribution in [0, 0.1) is 5.92 Å². The molecule has 0 aliphatic carbocycles. The molecule has 0 heterocycles. The van der Waals surface area contributed by atoms with Gasteiger partial charge in [0.05, 0.1) is 0 Å². The monoisotopic (exact) mass is 132 g/mol. The van der Waals surface area contributed by atoms with E-state index >= 15 is 0 Å². The van der Waals surface area contributed by atoms with Crippen LogP contribution in [0.15, 0.2) is 0 Å². The van der Waals surface area contributed by atoms with Crippen LogP contribution in [0.25, 0.3) is 0 Å². The second-order valence-corrected chi connectivity index (χ2v) is 2.88. The maximum absolute atomic E-state index is 10.5. The van der Waals surface area contributed by atoms with Gasteiger partial charge in [0, 0.05) is 11.7 Å². The van der Waals surface area contributed by atoms with Gasteiger partial charge in [-0.2, -0.15) is 11.8 Å². The fraction of sp³-hybridized carbons (Fsp3) is 0.833. The summed E-state index contributed by atoms with van der Waals surface area (Å²) >= 11 is 1.72. The van der Waals surface area contributed by atoms with E-state index in [2.05, 4.69) is 0 Å². The topological polar surface area (TPSA) is 17.1 Å². The van der Waals surface area contributed by atoms with E-state index in [-0.39, 0.29) is 5.92 Å². The fourth-order valence-electron chi connectivity index (χ4n) is 0.367. The summed E-state index contributed by atoms with van der Waals surface area (Å²) in [7, 11) is 0. The summed E-state index contributed by atoms with van der Waals surface area (Å²) < 4.78 is 0. The van der Waals surface area contributed by atoms with Gasteiger partial charge in [0.1, 0.15) is 5.78 Å². The number of hydrogen-bond acceptors (Lipinski definition) is 2. The molecule has 0 unspecified atom stereocenters. The molecule has 2 heteroatoms. The van der Waals surface area contributed by atoms with E-state index in [1.807, 2.05) is 13.2 Å². The molecule has 0 bridgehead atoms. The lowest BCUT2D eigenvalue weighted by molar-refractivity contribution is -0.119. The highest BCUT2D eigenvalue weighted by Crippen LogP contribution is 2.04. The number of hydrogen-bond donors (Lipinski definition) is 0. The highest BCUT2D eigenvalue weighted by atomic mass is 32.2. The Morgan fingerprint density at radius 1 is 1.75 bits per heavy atom. The van der Waals surface area contributed by atoms with E-state index in [0.29, 0.717) is 5.78 Å². The number of rotatable bonds is 3. The van der Waals surface area contributed by atoms with Crippen molar-refractivity contribution in [2.24, 2.45) is 5.92 Å². The van der Waals surface area contributed by atoms with Gasteiger partial charge in [-0.1, -0.05) is 6.92 Å². The van der Waals surface area contributed by atoms with Gasteiger partial charge < -0.3 is 0 Å². The van der Waals surface area contributed by atoms with Gasteiger partial charge in [-0.25, -0.2) is 0 Å². The van der Waals surface area contributed by atoms with E-state index in [1.54, 1.807) is 18.7 Å². The van der Waals surface area contributed by atoms with E-state index < -0.39 is 0 Å². The molecule has 1 nitrogen and oxygen atoms in total. The summed E-state index contributed by atoms with van der Waals surface area (Å²) in [6.07, 6.45) is 2.01. The summed E-state index contributed by atoms with van der Waals surface area (Å²) in [6, 6.07) is 0. The van der Waals surface area contributed by atoms with Crippen molar-refractivity contribution in [1.82, 2.24) is 0 Å². The highest BCUT2D eigenvalue weighted by molar-refractivity contribution is 7.98. The Hall–Kier alpha value is 0.0200. The summed E-state index contributed by atoms with van der Waals surface area (Å²) in [5.41, 5.74) is 0. The summed E-state index contributed by atoms with van der Waals surface area (Å²) in [5, 5.41) is 0. The molecule has 0 amide bonds. The average Bonchev–Trinajstić information content (AvgIpc) is 1.67. The molecule has 0 saturated carbocycles. The van der Waals surface area contributed by atoms with Gasteiger partial charge in [0.2, 0.25) is 0 Å². The number of carbonyl (C=O) groups is 1. The molecule has 0 rings (SSSR count). The highest BCUT2D eigenvalue weighted by Gasteiger charge is 2.04. The number of carbonyl (C=O) groups excluding carboxylic acids is 1. The average molecular weight is 132 g/mol. The van der Waals surface area contributed by atoms with Gasteiger partial charge in [0.15, 0.2) is 0 Å². The minimum atomic E-state index is 0.241. The third-order valence-electron chi connectivity index (χ3n) is 1.11.